The Balaban J connectivity index is 2.27. The van der Waals surface area contributed by atoms with Crippen molar-refractivity contribution in [1.29, 1.82) is 0 Å². The molecule has 0 saturated heterocycles. The van der Waals surface area contributed by atoms with Gasteiger partial charge in [0.25, 0.3) is 0 Å². The van der Waals surface area contributed by atoms with Crippen molar-refractivity contribution >= 4 is 21.4 Å². The van der Waals surface area contributed by atoms with Crippen molar-refractivity contribution in [3.05, 3.63) is 35.2 Å². The van der Waals surface area contributed by atoms with Gasteiger partial charge in [0.1, 0.15) is 0 Å². The Kier molecular flexibility index (Phi) is 2.82. The molecule has 0 saturated carbocycles. The van der Waals surface area contributed by atoms with Gasteiger partial charge in [0.2, 0.25) is 0 Å². The molecule has 0 amide bonds. The molecule has 0 aliphatic carbocycles. The molecule has 0 radical (unpaired) electrons. The van der Waals surface area contributed by atoms with Gasteiger partial charge in [0.15, 0.2) is 0 Å². The highest BCUT2D eigenvalue weighted by atomic mass is 32.1. The van der Waals surface area contributed by atoms with Crippen molar-refractivity contribution in [3.63, 3.8) is 0 Å². The first-order chi connectivity index (χ1) is 6.79. The number of hydrogen-bond donors (Lipinski definition) is 2. The molecule has 2 rings (SSSR count). The van der Waals surface area contributed by atoms with Gasteiger partial charge in [0, 0.05) is 15.6 Å². The third kappa shape index (κ3) is 1.95. The Hall–Kier alpha value is -0.900. The molecule has 0 bridgehead atoms. The standard InChI is InChI=1S/C11H13NOS/c1-8(12-13)6-10-7-9-4-2-3-5-11(9)14-10/h2-5,7-8,12-13H,6H2,1H3. The lowest BCUT2D eigenvalue weighted by Gasteiger charge is -2.05. The Morgan fingerprint density at radius 1 is 1.43 bits per heavy atom. The second kappa shape index (κ2) is 4.09. The molecule has 1 heterocycles. The molecule has 1 aromatic heterocycles. The maximum Gasteiger partial charge on any atom is 0.0345 e. The van der Waals surface area contributed by atoms with Gasteiger partial charge in [-0.2, -0.15) is 0 Å². The third-order valence-corrected chi connectivity index (χ3v) is 3.34. The van der Waals surface area contributed by atoms with Crippen molar-refractivity contribution in [2.75, 3.05) is 0 Å². The van der Waals surface area contributed by atoms with Crippen LogP contribution in [-0.4, -0.2) is 11.2 Å². The summed E-state index contributed by atoms with van der Waals surface area (Å²) in [6.45, 7) is 1.96. The Morgan fingerprint density at radius 3 is 2.93 bits per heavy atom. The average molecular weight is 207 g/mol. The lowest BCUT2D eigenvalue weighted by atomic mass is 10.2. The molecule has 14 heavy (non-hydrogen) atoms. The zero-order valence-corrected chi connectivity index (χ0v) is 8.84. The van der Waals surface area contributed by atoms with Crippen LogP contribution in [0.2, 0.25) is 0 Å². The number of thiophene rings is 1. The lowest BCUT2D eigenvalue weighted by Crippen LogP contribution is -2.23. The summed E-state index contributed by atoms with van der Waals surface area (Å²) >= 11 is 1.79. The number of nitrogens with one attached hydrogen (secondary N) is 1. The quantitative estimate of drug-likeness (QED) is 0.758. The summed E-state index contributed by atoms with van der Waals surface area (Å²) in [6.07, 6.45) is 0.871. The van der Waals surface area contributed by atoms with Gasteiger partial charge < -0.3 is 5.21 Å². The first-order valence-corrected chi connectivity index (χ1v) is 5.48. The van der Waals surface area contributed by atoms with Crippen LogP contribution in [0.5, 0.6) is 0 Å². The highest BCUT2D eigenvalue weighted by Gasteiger charge is 2.05. The minimum atomic E-state index is 0.114. The summed E-state index contributed by atoms with van der Waals surface area (Å²) in [4.78, 5) is 1.31. The van der Waals surface area contributed by atoms with Gasteiger partial charge in [-0.25, -0.2) is 5.48 Å². The second-order valence-electron chi connectivity index (χ2n) is 3.48. The van der Waals surface area contributed by atoms with Gasteiger partial charge in [-0.05, 0) is 30.9 Å². The molecule has 0 aliphatic heterocycles. The summed E-state index contributed by atoms with van der Waals surface area (Å²) in [5.41, 5.74) is 2.26. The molecule has 0 fully saturated rings. The van der Waals surface area contributed by atoms with E-state index in [-0.39, 0.29) is 6.04 Å². The molecule has 2 N–H and O–H groups in total. The van der Waals surface area contributed by atoms with Crippen molar-refractivity contribution in [2.45, 2.75) is 19.4 Å². The topological polar surface area (TPSA) is 32.3 Å². The van der Waals surface area contributed by atoms with E-state index >= 15 is 0 Å². The smallest absolute Gasteiger partial charge is 0.0345 e. The minimum absolute atomic E-state index is 0.114. The van der Waals surface area contributed by atoms with Crippen molar-refractivity contribution < 1.29 is 5.21 Å². The summed E-state index contributed by atoms with van der Waals surface area (Å²) in [5, 5.41) is 10.0. The van der Waals surface area contributed by atoms with E-state index in [0.717, 1.165) is 6.42 Å². The fourth-order valence-corrected chi connectivity index (χ4v) is 2.68. The average Bonchev–Trinajstić information content (AvgIpc) is 2.59. The van der Waals surface area contributed by atoms with Crippen LogP contribution in [0, 0.1) is 0 Å². The molecule has 3 heteroatoms. The van der Waals surface area contributed by atoms with E-state index in [9.17, 15) is 0 Å². The van der Waals surface area contributed by atoms with Crippen molar-refractivity contribution in [2.24, 2.45) is 0 Å². The molecule has 1 unspecified atom stereocenters. The van der Waals surface area contributed by atoms with Crippen LogP contribution < -0.4 is 5.48 Å². The highest BCUT2D eigenvalue weighted by molar-refractivity contribution is 7.19. The number of hydroxylamine groups is 1. The normalized spacial score (nSPS) is 13.3. The molecule has 1 aromatic carbocycles. The zero-order chi connectivity index (χ0) is 9.97. The van der Waals surface area contributed by atoms with Gasteiger partial charge in [0.05, 0.1) is 0 Å². The van der Waals surface area contributed by atoms with E-state index < -0.39 is 0 Å². The first-order valence-electron chi connectivity index (χ1n) is 4.66. The number of fused-ring (bicyclic) bond motifs is 1. The number of benzene rings is 1. The molecule has 1 atom stereocenters. The van der Waals surface area contributed by atoms with Crippen LogP contribution in [0.3, 0.4) is 0 Å². The Labute approximate surface area is 87.1 Å². The number of rotatable bonds is 3. The van der Waals surface area contributed by atoms with E-state index in [4.69, 9.17) is 5.21 Å². The fraction of sp³-hybridized carbons (Fsp3) is 0.273. The Morgan fingerprint density at radius 2 is 2.21 bits per heavy atom. The fourth-order valence-electron chi connectivity index (χ4n) is 1.48. The molecule has 0 aliphatic rings. The molecular formula is C11H13NOS. The monoisotopic (exact) mass is 207 g/mol. The Bertz CT molecular complexity index is 391. The maximum absolute atomic E-state index is 8.73. The molecular weight excluding hydrogens is 194 g/mol. The van der Waals surface area contributed by atoms with Gasteiger partial charge >= 0.3 is 0 Å². The van der Waals surface area contributed by atoms with Crippen LogP contribution in [0.15, 0.2) is 30.3 Å². The predicted octanol–water partition coefficient (Wildman–Crippen LogP) is 2.81. The molecule has 2 nitrogen and oxygen atoms in total. The van der Waals surface area contributed by atoms with Crippen LogP contribution in [0.25, 0.3) is 10.1 Å². The molecule has 0 spiro atoms. The predicted molar refractivity (Wildman–Crippen MR) is 59.9 cm³/mol. The molecule has 74 valence electrons. The van der Waals surface area contributed by atoms with E-state index in [1.54, 1.807) is 11.3 Å². The highest BCUT2D eigenvalue weighted by Crippen LogP contribution is 2.25. The van der Waals surface area contributed by atoms with E-state index in [2.05, 4.69) is 29.7 Å². The van der Waals surface area contributed by atoms with Gasteiger partial charge in [-0.3, -0.25) is 0 Å². The van der Waals surface area contributed by atoms with Gasteiger partial charge in [-0.15, -0.1) is 11.3 Å². The summed E-state index contributed by atoms with van der Waals surface area (Å²) < 4.78 is 1.31. The largest absolute Gasteiger partial charge is 0.317 e. The van der Waals surface area contributed by atoms with Crippen LogP contribution in [-0.2, 0) is 6.42 Å². The summed E-state index contributed by atoms with van der Waals surface area (Å²) in [7, 11) is 0. The van der Waals surface area contributed by atoms with Crippen LogP contribution in [0.1, 0.15) is 11.8 Å². The second-order valence-corrected chi connectivity index (χ2v) is 4.65. The summed E-state index contributed by atoms with van der Waals surface area (Å²) in [6, 6.07) is 10.6. The van der Waals surface area contributed by atoms with Gasteiger partial charge in [-0.1, -0.05) is 18.2 Å². The maximum atomic E-state index is 8.73. The van der Waals surface area contributed by atoms with Crippen LogP contribution in [0.4, 0.5) is 0 Å². The van der Waals surface area contributed by atoms with E-state index in [0.29, 0.717) is 0 Å². The zero-order valence-electron chi connectivity index (χ0n) is 8.03. The number of hydrogen-bond acceptors (Lipinski definition) is 3. The third-order valence-electron chi connectivity index (χ3n) is 2.20. The molecule has 2 aromatic rings. The van der Waals surface area contributed by atoms with E-state index in [1.165, 1.54) is 15.0 Å². The van der Waals surface area contributed by atoms with Crippen molar-refractivity contribution in [3.8, 4) is 0 Å². The first kappa shape index (κ1) is 9.65. The van der Waals surface area contributed by atoms with Crippen molar-refractivity contribution in [1.82, 2.24) is 5.48 Å². The summed E-state index contributed by atoms with van der Waals surface area (Å²) in [5.74, 6) is 0. The van der Waals surface area contributed by atoms with Crippen LogP contribution >= 0.6 is 11.3 Å². The van der Waals surface area contributed by atoms with E-state index in [1.807, 2.05) is 13.0 Å². The lowest BCUT2D eigenvalue weighted by molar-refractivity contribution is 0.133. The minimum Gasteiger partial charge on any atom is -0.317 e. The SMILES string of the molecule is CC(Cc1cc2ccccc2s1)NO.